The first kappa shape index (κ1) is 11.0. The molecule has 0 atom stereocenters. The van der Waals surface area contributed by atoms with Crippen LogP contribution in [0.25, 0.3) is 0 Å². The highest BCUT2D eigenvalue weighted by Crippen LogP contribution is 2.27. The van der Waals surface area contributed by atoms with Crippen LogP contribution in [0, 0.1) is 17.8 Å². The Kier molecular flexibility index (Phi) is 3.85. The Morgan fingerprint density at radius 1 is 1.31 bits per heavy atom. The van der Waals surface area contributed by atoms with Gasteiger partial charge in [-0.1, -0.05) is 24.0 Å². The lowest BCUT2D eigenvalue weighted by molar-refractivity contribution is 0.414. The average Bonchev–Trinajstić information content (AvgIpc) is 3.13. The molecule has 1 aromatic rings. The van der Waals surface area contributed by atoms with Gasteiger partial charge in [-0.2, -0.15) is 0 Å². The van der Waals surface area contributed by atoms with Crippen LogP contribution in [-0.4, -0.2) is 13.7 Å². The standard InChI is InChI=1S/C14H17NO/c1-16-14-8-6-13(7-9-14)11-15-10-2-3-12-4-5-12/h6-9,12,15H,4-5,10-11H2,1H3. The first-order chi connectivity index (χ1) is 7.88. The molecule has 0 aliphatic heterocycles. The van der Waals surface area contributed by atoms with Gasteiger partial charge in [-0.25, -0.2) is 0 Å². The summed E-state index contributed by atoms with van der Waals surface area (Å²) in [6.45, 7) is 1.64. The predicted octanol–water partition coefficient (Wildman–Crippen LogP) is 2.20. The average molecular weight is 215 g/mol. The van der Waals surface area contributed by atoms with Gasteiger partial charge in [-0.3, -0.25) is 0 Å². The van der Waals surface area contributed by atoms with E-state index in [-0.39, 0.29) is 0 Å². The number of hydrogen-bond donors (Lipinski definition) is 1. The van der Waals surface area contributed by atoms with Crippen molar-refractivity contribution >= 4 is 0 Å². The molecular weight excluding hydrogens is 198 g/mol. The SMILES string of the molecule is COc1ccc(CNCC#CC2CC2)cc1. The van der Waals surface area contributed by atoms with Crippen LogP contribution < -0.4 is 10.1 Å². The maximum absolute atomic E-state index is 5.10. The zero-order chi connectivity index (χ0) is 11.2. The molecule has 0 spiro atoms. The number of nitrogens with one attached hydrogen (secondary N) is 1. The summed E-state index contributed by atoms with van der Waals surface area (Å²) in [5, 5.41) is 3.31. The summed E-state index contributed by atoms with van der Waals surface area (Å²) < 4.78 is 5.10. The molecule has 0 radical (unpaired) electrons. The van der Waals surface area contributed by atoms with Crippen molar-refractivity contribution in [2.24, 2.45) is 5.92 Å². The number of rotatable bonds is 4. The van der Waals surface area contributed by atoms with Crippen molar-refractivity contribution in [2.45, 2.75) is 19.4 Å². The highest BCUT2D eigenvalue weighted by atomic mass is 16.5. The Balaban J connectivity index is 1.70. The largest absolute Gasteiger partial charge is 0.497 e. The van der Waals surface area contributed by atoms with Crippen molar-refractivity contribution in [3.8, 4) is 17.6 Å². The van der Waals surface area contributed by atoms with Crippen LogP contribution in [0.5, 0.6) is 5.75 Å². The van der Waals surface area contributed by atoms with Gasteiger partial charge in [0.1, 0.15) is 5.75 Å². The lowest BCUT2D eigenvalue weighted by atomic mass is 10.2. The second kappa shape index (κ2) is 5.58. The van der Waals surface area contributed by atoms with Crippen molar-refractivity contribution in [1.29, 1.82) is 0 Å². The fraction of sp³-hybridized carbons (Fsp3) is 0.429. The van der Waals surface area contributed by atoms with Crippen molar-refractivity contribution in [3.63, 3.8) is 0 Å². The third-order valence-electron chi connectivity index (χ3n) is 2.59. The van der Waals surface area contributed by atoms with E-state index in [2.05, 4.69) is 29.3 Å². The van der Waals surface area contributed by atoms with Gasteiger partial charge in [-0.05, 0) is 30.5 Å². The van der Waals surface area contributed by atoms with Gasteiger partial charge in [0.05, 0.1) is 13.7 Å². The van der Waals surface area contributed by atoms with Crippen molar-refractivity contribution in [1.82, 2.24) is 5.32 Å². The van der Waals surface area contributed by atoms with Gasteiger partial charge in [0.15, 0.2) is 0 Å². The van der Waals surface area contributed by atoms with Gasteiger partial charge < -0.3 is 10.1 Å². The zero-order valence-electron chi connectivity index (χ0n) is 9.62. The van der Waals surface area contributed by atoms with Gasteiger partial charge in [0.2, 0.25) is 0 Å². The molecule has 0 saturated heterocycles. The molecule has 1 saturated carbocycles. The molecular formula is C14H17NO. The van der Waals surface area contributed by atoms with Crippen molar-refractivity contribution < 1.29 is 4.74 Å². The minimum atomic E-state index is 0.697. The minimum Gasteiger partial charge on any atom is -0.497 e. The zero-order valence-corrected chi connectivity index (χ0v) is 9.62. The third-order valence-corrected chi connectivity index (χ3v) is 2.59. The molecule has 0 aromatic heterocycles. The lowest BCUT2D eigenvalue weighted by Crippen LogP contribution is -2.13. The van der Waals surface area contributed by atoms with E-state index in [1.54, 1.807) is 7.11 Å². The molecule has 0 unspecified atom stereocenters. The normalized spacial score (nSPS) is 14.1. The molecule has 2 rings (SSSR count). The smallest absolute Gasteiger partial charge is 0.118 e. The number of benzene rings is 1. The minimum absolute atomic E-state index is 0.697. The highest BCUT2D eigenvalue weighted by Gasteiger charge is 2.17. The van der Waals surface area contributed by atoms with Crippen LogP contribution in [0.2, 0.25) is 0 Å². The van der Waals surface area contributed by atoms with Gasteiger partial charge in [0.25, 0.3) is 0 Å². The molecule has 1 aromatic carbocycles. The third kappa shape index (κ3) is 3.60. The summed E-state index contributed by atoms with van der Waals surface area (Å²) in [6, 6.07) is 8.10. The monoisotopic (exact) mass is 215 g/mol. The van der Waals surface area contributed by atoms with Gasteiger partial charge in [0, 0.05) is 12.5 Å². The molecule has 0 amide bonds. The van der Waals surface area contributed by atoms with E-state index in [1.807, 2.05) is 12.1 Å². The van der Waals surface area contributed by atoms with Crippen LogP contribution in [0.4, 0.5) is 0 Å². The molecule has 84 valence electrons. The summed E-state index contributed by atoms with van der Waals surface area (Å²) in [5.41, 5.74) is 1.26. The second-order valence-electron chi connectivity index (χ2n) is 4.05. The van der Waals surface area contributed by atoms with E-state index >= 15 is 0 Å². The molecule has 0 bridgehead atoms. The van der Waals surface area contributed by atoms with E-state index in [0.717, 1.165) is 18.8 Å². The Morgan fingerprint density at radius 2 is 2.06 bits per heavy atom. The fourth-order valence-electron chi connectivity index (χ4n) is 1.44. The Morgan fingerprint density at radius 3 is 2.69 bits per heavy atom. The molecule has 2 heteroatoms. The molecule has 1 aliphatic carbocycles. The Bertz CT molecular complexity index is 381. The molecule has 16 heavy (non-hydrogen) atoms. The summed E-state index contributed by atoms with van der Waals surface area (Å²) in [7, 11) is 1.68. The molecule has 0 heterocycles. The van der Waals surface area contributed by atoms with Crippen molar-refractivity contribution in [3.05, 3.63) is 29.8 Å². The molecule has 1 fully saturated rings. The lowest BCUT2D eigenvalue weighted by Gasteiger charge is -2.03. The second-order valence-corrected chi connectivity index (χ2v) is 4.05. The van der Waals surface area contributed by atoms with E-state index in [1.165, 1.54) is 18.4 Å². The van der Waals surface area contributed by atoms with Crippen LogP contribution in [-0.2, 0) is 6.54 Å². The summed E-state index contributed by atoms with van der Waals surface area (Å²) in [4.78, 5) is 0. The van der Waals surface area contributed by atoms with Gasteiger partial charge >= 0.3 is 0 Å². The summed E-state index contributed by atoms with van der Waals surface area (Å²) in [6.07, 6.45) is 2.59. The van der Waals surface area contributed by atoms with Crippen LogP contribution in [0.15, 0.2) is 24.3 Å². The topological polar surface area (TPSA) is 21.3 Å². The Hall–Kier alpha value is -1.46. The summed E-state index contributed by atoms with van der Waals surface area (Å²) in [5.74, 6) is 7.98. The quantitative estimate of drug-likeness (QED) is 0.614. The van der Waals surface area contributed by atoms with E-state index < -0.39 is 0 Å². The number of hydrogen-bond acceptors (Lipinski definition) is 2. The van der Waals surface area contributed by atoms with Crippen LogP contribution in [0.1, 0.15) is 18.4 Å². The number of ether oxygens (including phenoxy) is 1. The predicted molar refractivity (Wildman–Crippen MR) is 65.2 cm³/mol. The molecule has 1 N–H and O–H groups in total. The number of methoxy groups -OCH3 is 1. The highest BCUT2D eigenvalue weighted by molar-refractivity contribution is 5.27. The van der Waals surface area contributed by atoms with E-state index in [4.69, 9.17) is 4.74 Å². The van der Waals surface area contributed by atoms with Crippen molar-refractivity contribution in [2.75, 3.05) is 13.7 Å². The van der Waals surface area contributed by atoms with E-state index in [0.29, 0.717) is 5.92 Å². The van der Waals surface area contributed by atoms with E-state index in [9.17, 15) is 0 Å². The Labute approximate surface area is 97.0 Å². The molecule has 2 nitrogen and oxygen atoms in total. The van der Waals surface area contributed by atoms with Crippen LogP contribution >= 0.6 is 0 Å². The maximum atomic E-state index is 5.10. The van der Waals surface area contributed by atoms with Gasteiger partial charge in [-0.15, -0.1) is 0 Å². The molecule has 1 aliphatic rings. The first-order valence-electron chi connectivity index (χ1n) is 5.70. The maximum Gasteiger partial charge on any atom is 0.118 e. The van der Waals surface area contributed by atoms with Crippen LogP contribution in [0.3, 0.4) is 0 Å². The fourth-order valence-corrected chi connectivity index (χ4v) is 1.44. The first-order valence-corrected chi connectivity index (χ1v) is 5.70. The summed E-state index contributed by atoms with van der Waals surface area (Å²) >= 11 is 0.